The van der Waals surface area contributed by atoms with Gasteiger partial charge in [-0.15, -0.1) is 0 Å². The van der Waals surface area contributed by atoms with E-state index in [0.717, 1.165) is 73.2 Å². The van der Waals surface area contributed by atoms with Gasteiger partial charge in [0, 0.05) is 32.7 Å². The van der Waals surface area contributed by atoms with Crippen molar-refractivity contribution >= 4 is 22.5 Å². The van der Waals surface area contributed by atoms with Gasteiger partial charge in [0.1, 0.15) is 11.9 Å². The van der Waals surface area contributed by atoms with Crippen LogP contribution in [0.3, 0.4) is 0 Å². The average molecular weight is 486 g/mol. The number of aromatic nitrogens is 2. The van der Waals surface area contributed by atoms with Gasteiger partial charge in [0.2, 0.25) is 0 Å². The Kier molecular flexibility index (Phi) is 6.80. The first-order valence-corrected chi connectivity index (χ1v) is 12.7. The summed E-state index contributed by atoms with van der Waals surface area (Å²) in [6.07, 6.45) is 3.09. The molecule has 7 heteroatoms. The van der Waals surface area contributed by atoms with Crippen molar-refractivity contribution in [3.63, 3.8) is 0 Å². The van der Waals surface area contributed by atoms with Crippen LogP contribution in [0.15, 0.2) is 42.5 Å². The number of methoxy groups -OCH3 is 1. The zero-order chi connectivity index (χ0) is 25.2. The number of unbranched alkanes of at least 4 members (excludes halogenated alkanes) is 1. The molecule has 6 nitrogen and oxygen atoms in total. The summed E-state index contributed by atoms with van der Waals surface area (Å²) in [5.41, 5.74) is 6.58. The molecule has 1 fully saturated rings. The normalized spacial score (nSPS) is 14.5. The molecule has 0 amide bonds. The van der Waals surface area contributed by atoms with E-state index < -0.39 is 0 Å². The summed E-state index contributed by atoms with van der Waals surface area (Å²) in [6.45, 7) is 8.41. The molecule has 5 rings (SSSR count). The van der Waals surface area contributed by atoms with Crippen LogP contribution in [0.1, 0.15) is 42.0 Å². The van der Waals surface area contributed by atoms with Crippen molar-refractivity contribution in [1.82, 2.24) is 14.3 Å². The van der Waals surface area contributed by atoms with Crippen molar-refractivity contribution in [2.45, 2.75) is 39.7 Å². The van der Waals surface area contributed by atoms with E-state index in [2.05, 4.69) is 40.2 Å². The Morgan fingerprint density at radius 1 is 1.11 bits per heavy atom. The summed E-state index contributed by atoms with van der Waals surface area (Å²) in [6, 6.07) is 15.8. The highest BCUT2D eigenvalue weighted by Crippen LogP contribution is 2.34. The second kappa shape index (κ2) is 10.2. The molecule has 4 aromatic rings. The maximum absolute atomic E-state index is 14.2. The van der Waals surface area contributed by atoms with Crippen LogP contribution in [0.5, 0.6) is 5.75 Å². The number of fused-ring (bicyclic) bond motifs is 3. The third-order valence-corrected chi connectivity index (χ3v) is 7.28. The molecule has 2 aromatic heterocycles. The summed E-state index contributed by atoms with van der Waals surface area (Å²) in [5.74, 6) is 1.12. The topological polar surface area (TPSA) is 56.8 Å². The molecule has 0 unspecified atom stereocenters. The van der Waals surface area contributed by atoms with Gasteiger partial charge in [-0.2, -0.15) is 5.26 Å². The molecule has 1 saturated heterocycles. The molecule has 0 saturated carbocycles. The molecule has 0 N–H and O–H groups in total. The Labute approximate surface area is 211 Å². The molecule has 1 aliphatic heterocycles. The maximum atomic E-state index is 14.2. The van der Waals surface area contributed by atoms with Gasteiger partial charge < -0.3 is 9.64 Å². The number of para-hydroxylation sites is 2. The second-order valence-electron chi connectivity index (χ2n) is 9.51. The molecule has 0 aliphatic carbocycles. The van der Waals surface area contributed by atoms with Crippen molar-refractivity contribution in [1.29, 1.82) is 5.26 Å². The van der Waals surface area contributed by atoms with Crippen molar-refractivity contribution < 1.29 is 9.13 Å². The molecule has 0 atom stereocenters. The largest absolute Gasteiger partial charge is 0.494 e. The Morgan fingerprint density at radius 3 is 2.58 bits per heavy atom. The van der Waals surface area contributed by atoms with Crippen molar-refractivity contribution in [2.75, 3.05) is 38.2 Å². The van der Waals surface area contributed by atoms with Gasteiger partial charge in [0.15, 0.2) is 17.2 Å². The first-order valence-electron chi connectivity index (χ1n) is 12.7. The summed E-state index contributed by atoms with van der Waals surface area (Å²) < 4.78 is 21.5. The monoisotopic (exact) mass is 485 g/mol. The molecule has 0 spiro atoms. The Bertz CT molecular complexity index is 1450. The molecule has 186 valence electrons. The standard InChI is InChI=1S/C29H32FN5O/c1-4-5-8-22-20(2)23(18-31)28-32-25-9-6-7-10-26(25)35(28)29(22)34-15-13-33(14-16-34)19-21-11-12-27(36-3)24(30)17-21/h6-7,9-12,17H,4-5,8,13-16,19H2,1-3H3. The first kappa shape index (κ1) is 24.1. The highest BCUT2D eigenvalue weighted by Gasteiger charge is 2.26. The smallest absolute Gasteiger partial charge is 0.165 e. The number of halogens is 1. The molecule has 36 heavy (non-hydrogen) atoms. The molecule has 3 heterocycles. The number of pyridine rings is 1. The highest BCUT2D eigenvalue weighted by atomic mass is 19.1. The van der Waals surface area contributed by atoms with Gasteiger partial charge >= 0.3 is 0 Å². The van der Waals surface area contributed by atoms with Crippen LogP contribution in [0, 0.1) is 24.1 Å². The van der Waals surface area contributed by atoms with E-state index in [0.29, 0.717) is 12.1 Å². The summed E-state index contributed by atoms with van der Waals surface area (Å²) >= 11 is 0. The number of ether oxygens (including phenoxy) is 1. The zero-order valence-corrected chi connectivity index (χ0v) is 21.2. The zero-order valence-electron chi connectivity index (χ0n) is 21.2. The maximum Gasteiger partial charge on any atom is 0.165 e. The minimum atomic E-state index is -0.323. The van der Waals surface area contributed by atoms with Crippen LogP contribution in [-0.4, -0.2) is 47.6 Å². The number of imidazole rings is 1. The van der Waals surface area contributed by atoms with Crippen LogP contribution in [0.2, 0.25) is 0 Å². The summed E-state index contributed by atoms with van der Waals surface area (Å²) in [7, 11) is 1.48. The van der Waals surface area contributed by atoms with Crippen molar-refractivity contribution in [2.24, 2.45) is 0 Å². The van der Waals surface area contributed by atoms with Crippen molar-refractivity contribution in [3.05, 3.63) is 70.5 Å². The van der Waals surface area contributed by atoms with Gasteiger partial charge in [0.25, 0.3) is 0 Å². The Hall–Kier alpha value is -3.63. The van der Waals surface area contributed by atoms with E-state index in [1.54, 1.807) is 12.1 Å². The highest BCUT2D eigenvalue weighted by molar-refractivity contribution is 5.86. The quantitative estimate of drug-likeness (QED) is 0.347. The lowest BCUT2D eigenvalue weighted by Crippen LogP contribution is -2.47. The summed E-state index contributed by atoms with van der Waals surface area (Å²) in [5, 5.41) is 10.1. The fraction of sp³-hybridized carbons (Fsp3) is 0.379. The van der Waals surface area contributed by atoms with Crippen LogP contribution in [0.4, 0.5) is 10.2 Å². The molecule has 1 aliphatic rings. The third-order valence-electron chi connectivity index (χ3n) is 7.28. The number of nitriles is 1. The third kappa shape index (κ3) is 4.27. The Balaban J connectivity index is 1.50. The van der Waals surface area contributed by atoms with E-state index in [1.165, 1.54) is 18.5 Å². The fourth-order valence-corrected chi connectivity index (χ4v) is 5.33. The number of anilines is 1. The number of rotatable bonds is 7. The lowest BCUT2D eigenvalue weighted by Gasteiger charge is -2.38. The van der Waals surface area contributed by atoms with Crippen molar-refractivity contribution in [3.8, 4) is 11.8 Å². The molecular weight excluding hydrogens is 453 g/mol. The minimum Gasteiger partial charge on any atom is -0.494 e. The second-order valence-corrected chi connectivity index (χ2v) is 9.51. The van der Waals surface area contributed by atoms with Gasteiger partial charge in [-0.1, -0.05) is 31.5 Å². The van der Waals surface area contributed by atoms with E-state index in [4.69, 9.17) is 9.72 Å². The van der Waals surface area contributed by atoms with Gasteiger partial charge in [0.05, 0.1) is 23.7 Å². The predicted molar refractivity (Wildman–Crippen MR) is 141 cm³/mol. The molecular formula is C29H32FN5O. The number of hydrogen-bond acceptors (Lipinski definition) is 5. The minimum absolute atomic E-state index is 0.274. The molecule has 2 aromatic carbocycles. The number of nitrogens with zero attached hydrogens (tertiary/aromatic N) is 5. The van der Waals surface area contributed by atoms with Gasteiger partial charge in [-0.05, 0) is 60.7 Å². The van der Waals surface area contributed by atoms with E-state index in [1.807, 2.05) is 24.3 Å². The predicted octanol–water partition coefficient (Wildman–Crippen LogP) is 5.48. The average Bonchev–Trinajstić information content (AvgIpc) is 3.27. The van der Waals surface area contributed by atoms with Gasteiger partial charge in [-0.25, -0.2) is 9.37 Å². The SMILES string of the molecule is CCCCc1c(C)c(C#N)c2nc3ccccc3n2c1N1CCN(Cc2ccc(OC)c(F)c2)CC1. The first-order chi connectivity index (χ1) is 17.5. The number of benzene rings is 2. The van der Waals surface area contributed by atoms with Crippen LogP contribution >= 0.6 is 0 Å². The molecule has 0 bridgehead atoms. The number of hydrogen-bond donors (Lipinski definition) is 0. The van der Waals surface area contributed by atoms with E-state index in [9.17, 15) is 9.65 Å². The molecule has 0 radical (unpaired) electrons. The lowest BCUT2D eigenvalue weighted by molar-refractivity contribution is 0.248. The van der Waals surface area contributed by atoms with Gasteiger partial charge in [-0.3, -0.25) is 9.30 Å². The van der Waals surface area contributed by atoms with Crippen LogP contribution < -0.4 is 9.64 Å². The lowest BCUT2D eigenvalue weighted by atomic mass is 9.99. The summed E-state index contributed by atoms with van der Waals surface area (Å²) in [4.78, 5) is 9.69. The van der Waals surface area contributed by atoms with Crippen LogP contribution in [0.25, 0.3) is 16.7 Å². The number of piperazine rings is 1. The van der Waals surface area contributed by atoms with Crippen LogP contribution in [-0.2, 0) is 13.0 Å². The Morgan fingerprint density at radius 2 is 1.89 bits per heavy atom. The van der Waals surface area contributed by atoms with E-state index >= 15 is 0 Å². The van der Waals surface area contributed by atoms with E-state index in [-0.39, 0.29) is 11.6 Å². The fourth-order valence-electron chi connectivity index (χ4n) is 5.33.